The fourth-order valence-corrected chi connectivity index (χ4v) is 5.95. The van der Waals surface area contributed by atoms with Crippen LogP contribution in [0.1, 0.15) is 31.4 Å². The van der Waals surface area contributed by atoms with Gasteiger partial charge in [0.1, 0.15) is 0 Å². The van der Waals surface area contributed by atoms with Crippen molar-refractivity contribution in [3.8, 4) is 0 Å². The van der Waals surface area contributed by atoms with Crippen LogP contribution in [-0.4, -0.2) is 36.2 Å². The molecule has 1 aliphatic carbocycles. The summed E-state index contributed by atoms with van der Waals surface area (Å²) in [7, 11) is -3.79. The van der Waals surface area contributed by atoms with Gasteiger partial charge in [0, 0.05) is 6.04 Å². The zero-order valence-corrected chi connectivity index (χ0v) is 13.4. The van der Waals surface area contributed by atoms with E-state index >= 15 is 0 Å². The van der Waals surface area contributed by atoms with E-state index in [1.54, 1.807) is 6.92 Å². The predicted molar refractivity (Wildman–Crippen MR) is 77.2 cm³/mol. The number of halogens is 1. The van der Waals surface area contributed by atoms with Crippen LogP contribution in [0.5, 0.6) is 0 Å². The highest BCUT2D eigenvalue weighted by molar-refractivity contribution is 7.91. The number of sulfonamides is 1. The van der Waals surface area contributed by atoms with Crippen molar-refractivity contribution in [2.75, 3.05) is 6.54 Å². The molecule has 112 valence electrons. The zero-order valence-electron chi connectivity index (χ0n) is 11.0. The molecule has 1 aliphatic rings. The molecule has 1 aromatic heterocycles. The first-order chi connectivity index (χ1) is 9.32. The third kappa shape index (κ3) is 3.13. The number of aromatic nitrogens is 1. The summed E-state index contributed by atoms with van der Waals surface area (Å²) in [5.74, 6) is -0.659. The fourth-order valence-electron chi connectivity index (χ4n) is 2.45. The quantitative estimate of drug-likeness (QED) is 0.881. The summed E-state index contributed by atoms with van der Waals surface area (Å²) in [5.41, 5.74) is 5.55. The third-order valence-electron chi connectivity index (χ3n) is 3.31. The smallest absolute Gasteiger partial charge is 0.255 e. The van der Waals surface area contributed by atoms with Crippen LogP contribution in [-0.2, 0) is 14.8 Å². The van der Waals surface area contributed by atoms with Crippen molar-refractivity contribution in [2.24, 2.45) is 5.73 Å². The maximum Gasteiger partial charge on any atom is 0.255 e. The Morgan fingerprint density at radius 2 is 2.10 bits per heavy atom. The normalized spacial score (nSPS) is 16.9. The van der Waals surface area contributed by atoms with E-state index in [2.05, 4.69) is 4.98 Å². The van der Waals surface area contributed by atoms with E-state index in [9.17, 15) is 13.2 Å². The van der Waals surface area contributed by atoms with Crippen LogP contribution in [0.15, 0.2) is 4.21 Å². The number of primary amides is 1. The molecular weight excluding hydrogens is 322 g/mol. The van der Waals surface area contributed by atoms with Crippen molar-refractivity contribution in [3.05, 3.63) is 10.2 Å². The molecule has 1 aromatic rings. The molecule has 1 saturated carbocycles. The predicted octanol–water partition coefficient (Wildman–Crippen LogP) is 1.52. The minimum absolute atomic E-state index is 0.0932. The van der Waals surface area contributed by atoms with Gasteiger partial charge >= 0.3 is 0 Å². The number of carbonyl (C=O) groups is 1. The van der Waals surface area contributed by atoms with Gasteiger partial charge in [-0.25, -0.2) is 13.4 Å². The molecule has 0 spiro atoms. The van der Waals surface area contributed by atoms with Crippen molar-refractivity contribution in [1.29, 1.82) is 0 Å². The van der Waals surface area contributed by atoms with E-state index in [1.165, 1.54) is 4.31 Å². The van der Waals surface area contributed by atoms with Crippen molar-refractivity contribution >= 4 is 38.9 Å². The Morgan fingerprint density at radius 1 is 1.50 bits per heavy atom. The van der Waals surface area contributed by atoms with Gasteiger partial charge in [-0.15, -0.1) is 0 Å². The third-order valence-corrected chi connectivity index (χ3v) is 7.06. The Balaban J connectivity index is 2.40. The van der Waals surface area contributed by atoms with Crippen LogP contribution in [0, 0.1) is 6.92 Å². The van der Waals surface area contributed by atoms with E-state index in [0.29, 0.717) is 5.69 Å². The molecule has 2 rings (SSSR count). The number of amides is 1. The number of rotatable bonds is 5. The molecule has 9 heteroatoms. The molecule has 0 saturated heterocycles. The van der Waals surface area contributed by atoms with Gasteiger partial charge in [-0.2, -0.15) is 4.31 Å². The summed E-state index contributed by atoms with van der Waals surface area (Å²) >= 11 is 6.68. The van der Waals surface area contributed by atoms with E-state index < -0.39 is 15.9 Å². The van der Waals surface area contributed by atoms with Crippen LogP contribution in [0.25, 0.3) is 0 Å². The first-order valence-electron chi connectivity index (χ1n) is 6.25. The van der Waals surface area contributed by atoms with Crippen LogP contribution in [0.4, 0.5) is 0 Å². The molecule has 1 fully saturated rings. The summed E-state index contributed by atoms with van der Waals surface area (Å²) in [6.07, 6.45) is 3.41. The lowest BCUT2D eigenvalue weighted by Crippen LogP contribution is -2.44. The topological polar surface area (TPSA) is 93.4 Å². The maximum absolute atomic E-state index is 12.7. The summed E-state index contributed by atoms with van der Waals surface area (Å²) in [4.78, 5) is 15.1. The van der Waals surface area contributed by atoms with Gasteiger partial charge in [0.05, 0.1) is 12.2 Å². The minimum atomic E-state index is -3.79. The van der Waals surface area contributed by atoms with Crippen molar-refractivity contribution in [2.45, 2.75) is 42.9 Å². The van der Waals surface area contributed by atoms with E-state index in [1.807, 2.05) is 0 Å². The summed E-state index contributed by atoms with van der Waals surface area (Å²) in [6.45, 7) is 1.29. The number of carbonyl (C=O) groups excluding carboxylic acids is 1. The van der Waals surface area contributed by atoms with E-state index in [0.717, 1.165) is 37.0 Å². The van der Waals surface area contributed by atoms with Crippen molar-refractivity contribution in [3.63, 3.8) is 0 Å². The molecule has 1 heterocycles. The highest BCUT2D eigenvalue weighted by Gasteiger charge is 2.36. The highest BCUT2D eigenvalue weighted by atomic mass is 35.5. The Morgan fingerprint density at radius 3 is 2.55 bits per heavy atom. The molecule has 1 amide bonds. The lowest BCUT2D eigenvalue weighted by molar-refractivity contribution is -0.118. The van der Waals surface area contributed by atoms with E-state index in [-0.39, 0.29) is 21.3 Å². The van der Waals surface area contributed by atoms with Gasteiger partial charge in [-0.3, -0.25) is 4.79 Å². The monoisotopic (exact) mass is 337 g/mol. The second-order valence-electron chi connectivity index (χ2n) is 4.79. The summed E-state index contributed by atoms with van der Waals surface area (Å²) in [6, 6.07) is -0.173. The number of thiazole rings is 1. The molecule has 0 aromatic carbocycles. The summed E-state index contributed by atoms with van der Waals surface area (Å²) in [5, 5.41) is 0. The lowest BCUT2D eigenvalue weighted by Gasteiger charge is -2.26. The van der Waals surface area contributed by atoms with Crippen LogP contribution in [0.3, 0.4) is 0 Å². The molecular formula is C11H16ClN3O3S2. The van der Waals surface area contributed by atoms with Crippen LogP contribution in [0.2, 0.25) is 4.47 Å². The summed E-state index contributed by atoms with van der Waals surface area (Å²) < 4.78 is 26.9. The van der Waals surface area contributed by atoms with Gasteiger partial charge < -0.3 is 5.73 Å². The molecule has 2 N–H and O–H groups in total. The zero-order chi connectivity index (χ0) is 14.9. The second kappa shape index (κ2) is 5.97. The number of nitrogens with zero attached hydrogens (tertiary/aromatic N) is 2. The Kier molecular flexibility index (Phi) is 4.68. The molecule has 0 aliphatic heterocycles. The van der Waals surface area contributed by atoms with Gasteiger partial charge in [0.15, 0.2) is 8.68 Å². The molecule has 0 unspecified atom stereocenters. The van der Waals surface area contributed by atoms with Crippen LogP contribution < -0.4 is 5.73 Å². The maximum atomic E-state index is 12.7. The van der Waals surface area contributed by atoms with E-state index in [4.69, 9.17) is 17.3 Å². The Hall–Kier alpha value is -0.700. The number of aryl methyl sites for hydroxylation is 1. The number of hydrogen-bond donors (Lipinski definition) is 1. The van der Waals surface area contributed by atoms with Crippen molar-refractivity contribution < 1.29 is 13.2 Å². The standard InChI is InChI=1S/C11H16ClN3O3S2/c1-7-10(19-11(12)14-7)20(17,18)15(6-9(13)16)8-4-2-3-5-8/h8H,2-6H2,1H3,(H2,13,16). The molecule has 6 nitrogen and oxygen atoms in total. The molecule has 20 heavy (non-hydrogen) atoms. The molecule has 0 radical (unpaired) electrons. The Bertz CT molecular complexity index is 608. The Labute approximate surface area is 127 Å². The average molecular weight is 338 g/mol. The number of hydrogen-bond acceptors (Lipinski definition) is 5. The molecule has 0 bridgehead atoms. The average Bonchev–Trinajstić information content (AvgIpc) is 2.95. The number of nitrogens with two attached hydrogens (primary N) is 1. The van der Waals surface area contributed by atoms with Crippen molar-refractivity contribution in [1.82, 2.24) is 9.29 Å². The van der Waals surface area contributed by atoms with Gasteiger partial charge in [-0.1, -0.05) is 35.8 Å². The van der Waals surface area contributed by atoms with Gasteiger partial charge in [0.2, 0.25) is 5.91 Å². The largest absolute Gasteiger partial charge is 0.369 e. The van der Waals surface area contributed by atoms with Gasteiger partial charge in [0.25, 0.3) is 10.0 Å². The SMILES string of the molecule is Cc1nc(Cl)sc1S(=O)(=O)N(CC(N)=O)C1CCCC1. The minimum Gasteiger partial charge on any atom is -0.369 e. The molecule has 0 atom stereocenters. The van der Waals surface area contributed by atoms with Crippen LogP contribution >= 0.6 is 22.9 Å². The first-order valence-corrected chi connectivity index (χ1v) is 8.89. The van der Waals surface area contributed by atoms with Gasteiger partial charge in [-0.05, 0) is 19.8 Å². The lowest BCUT2D eigenvalue weighted by atomic mass is 10.2. The fraction of sp³-hybridized carbons (Fsp3) is 0.636. The second-order valence-corrected chi connectivity index (χ2v) is 8.46. The first kappa shape index (κ1) is 15.7. The highest BCUT2D eigenvalue weighted by Crippen LogP contribution is 2.33.